The second kappa shape index (κ2) is 2.99. The third-order valence-corrected chi connectivity index (χ3v) is 2.09. The number of rotatable bonds is 1. The van der Waals surface area contributed by atoms with E-state index in [9.17, 15) is 9.18 Å². The second-order valence-electron chi connectivity index (χ2n) is 2.70. The third kappa shape index (κ3) is 1.24. The Labute approximate surface area is 82.7 Å². The van der Waals surface area contributed by atoms with Crippen LogP contribution in [0.2, 0.25) is 5.22 Å². The third-order valence-electron chi connectivity index (χ3n) is 1.82. The number of fused-ring (bicyclic) bond motifs is 1. The number of hydrogen-bond acceptors (Lipinski definition) is 2. The summed E-state index contributed by atoms with van der Waals surface area (Å²) in [6.45, 7) is 0. The first-order chi connectivity index (χ1) is 6.59. The van der Waals surface area contributed by atoms with E-state index in [0.29, 0.717) is 0 Å². The molecule has 0 saturated heterocycles. The minimum absolute atomic E-state index is 0.169. The molecule has 0 aliphatic rings. The molecule has 0 aliphatic carbocycles. The maximum absolute atomic E-state index is 12.8. The fraction of sp³-hybridized carbons (Fsp3) is 0. The van der Waals surface area contributed by atoms with Gasteiger partial charge in [-0.2, -0.15) is 0 Å². The van der Waals surface area contributed by atoms with E-state index in [1.165, 1.54) is 12.1 Å². The molecule has 1 aromatic heterocycles. The molecular formula is C9H4ClFO3. The van der Waals surface area contributed by atoms with Gasteiger partial charge in [0.05, 0.1) is 0 Å². The zero-order valence-electron chi connectivity index (χ0n) is 6.75. The summed E-state index contributed by atoms with van der Waals surface area (Å²) in [6.07, 6.45) is 0. The standard InChI is InChI=1S/C9H4ClFO3/c10-8-7(9(12)13)5-3-4(11)1-2-6(5)14-8/h1-3H,(H,12,13). The van der Waals surface area contributed by atoms with Crippen LogP contribution in [0.3, 0.4) is 0 Å². The number of aromatic carboxylic acids is 1. The largest absolute Gasteiger partial charge is 0.477 e. The number of halogens is 2. The van der Waals surface area contributed by atoms with Gasteiger partial charge < -0.3 is 9.52 Å². The molecule has 2 aromatic rings. The Hall–Kier alpha value is -1.55. The molecule has 0 saturated carbocycles. The lowest BCUT2D eigenvalue weighted by atomic mass is 10.2. The topological polar surface area (TPSA) is 50.4 Å². The Morgan fingerprint density at radius 2 is 2.21 bits per heavy atom. The van der Waals surface area contributed by atoms with Gasteiger partial charge in [0.25, 0.3) is 0 Å². The van der Waals surface area contributed by atoms with Gasteiger partial charge in [0.15, 0.2) is 0 Å². The second-order valence-corrected chi connectivity index (χ2v) is 3.04. The van der Waals surface area contributed by atoms with E-state index in [0.717, 1.165) is 6.07 Å². The highest BCUT2D eigenvalue weighted by molar-refractivity contribution is 6.33. The van der Waals surface area contributed by atoms with Crippen molar-refractivity contribution in [3.05, 3.63) is 34.8 Å². The first-order valence-electron chi connectivity index (χ1n) is 3.70. The maximum Gasteiger partial charge on any atom is 0.341 e. The van der Waals surface area contributed by atoms with Gasteiger partial charge >= 0.3 is 5.97 Å². The molecule has 14 heavy (non-hydrogen) atoms. The Morgan fingerprint density at radius 3 is 2.86 bits per heavy atom. The summed E-state index contributed by atoms with van der Waals surface area (Å²) in [5, 5.41) is 8.71. The highest BCUT2D eigenvalue weighted by Crippen LogP contribution is 2.29. The predicted octanol–water partition coefficient (Wildman–Crippen LogP) is 2.92. The van der Waals surface area contributed by atoms with E-state index in [1.807, 2.05) is 0 Å². The van der Waals surface area contributed by atoms with Gasteiger partial charge in [0, 0.05) is 5.39 Å². The van der Waals surface area contributed by atoms with Crippen molar-refractivity contribution in [3.8, 4) is 0 Å². The average molecular weight is 215 g/mol. The van der Waals surface area contributed by atoms with E-state index in [2.05, 4.69) is 0 Å². The van der Waals surface area contributed by atoms with Crippen molar-refractivity contribution in [1.82, 2.24) is 0 Å². The molecule has 0 amide bonds. The van der Waals surface area contributed by atoms with Crippen molar-refractivity contribution in [3.63, 3.8) is 0 Å². The molecule has 0 bridgehead atoms. The number of carboxylic acids is 1. The normalized spacial score (nSPS) is 10.7. The molecule has 1 N–H and O–H groups in total. The molecule has 0 atom stereocenters. The Bertz CT molecular complexity index is 518. The average Bonchev–Trinajstić information content (AvgIpc) is 2.40. The van der Waals surface area contributed by atoms with Crippen LogP contribution in [0.5, 0.6) is 0 Å². The number of furan rings is 1. The van der Waals surface area contributed by atoms with Crippen LogP contribution in [-0.4, -0.2) is 11.1 Å². The zero-order valence-corrected chi connectivity index (χ0v) is 7.51. The van der Waals surface area contributed by atoms with Crippen molar-refractivity contribution < 1.29 is 18.7 Å². The Morgan fingerprint density at radius 1 is 1.50 bits per heavy atom. The molecule has 0 aliphatic heterocycles. The summed E-state index contributed by atoms with van der Waals surface area (Å²) in [5.41, 5.74) is 0.0509. The van der Waals surface area contributed by atoms with Crippen LogP contribution in [0.4, 0.5) is 4.39 Å². The molecule has 3 nitrogen and oxygen atoms in total. The summed E-state index contributed by atoms with van der Waals surface area (Å²) >= 11 is 5.55. The number of hydrogen-bond donors (Lipinski definition) is 1. The van der Waals surface area contributed by atoms with Gasteiger partial charge in [-0.3, -0.25) is 0 Å². The lowest BCUT2D eigenvalue weighted by molar-refractivity contribution is 0.0698. The quantitative estimate of drug-likeness (QED) is 0.794. The smallest absolute Gasteiger partial charge is 0.341 e. The van der Waals surface area contributed by atoms with E-state index in [1.54, 1.807) is 0 Å². The number of carboxylic acid groups (broad SMARTS) is 1. The molecule has 0 unspecified atom stereocenters. The lowest BCUT2D eigenvalue weighted by Gasteiger charge is -1.90. The predicted molar refractivity (Wildman–Crippen MR) is 48.1 cm³/mol. The fourth-order valence-electron chi connectivity index (χ4n) is 1.24. The highest BCUT2D eigenvalue weighted by atomic mass is 35.5. The van der Waals surface area contributed by atoms with Gasteiger partial charge in [-0.15, -0.1) is 0 Å². The first-order valence-corrected chi connectivity index (χ1v) is 4.08. The van der Waals surface area contributed by atoms with Gasteiger partial charge in [0.1, 0.15) is 17.0 Å². The van der Waals surface area contributed by atoms with Crippen LogP contribution in [0.1, 0.15) is 10.4 Å². The Kier molecular flexibility index (Phi) is 1.93. The minimum Gasteiger partial charge on any atom is -0.477 e. The van der Waals surface area contributed by atoms with Gasteiger partial charge in [0.2, 0.25) is 5.22 Å². The molecule has 0 spiro atoms. The van der Waals surface area contributed by atoms with Crippen LogP contribution >= 0.6 is 11.6 Å². The molecule has 1 aromatic carbocycles. The number of benzene rings is 1. The van der Waals surface area contributed by atoms with E-state index in [4.69, 9.17) is 21.1 Å². The summed E-state index contributed by atoms with van der Waals surface area (Å²) in [7, 11) is 0. The van der Waals surface area contributed by atoms with Gasteiger partial charge in [-0.25, -0.2) is 9.18 Å². The van der Waals surface area contributed by atoms with Crippen LogP contribution < -0.4 is 0 Å². The van der Waals surface area contributed by atoms with Crippen LogP contribution in [0, 0.1) is 5.82 Å². The lowest BCUT2D eigenvalue weighted by Crippen LogP contribution is -1.94. The maximum atomic E-state index is 12.8. The molecular weight excluding hydrogens is 211 g/mol. The summed E-state index contributed by atoms with van der Waals surface area (Å²) < 4.78 is 17.7. The monoisotopic (exact) mass is 214 g/mol. The first kappa shape index (κ1) is 9.02. The Balaban J connectivity index is 2.86. The van der Waals surface area contributed by atoms with E-state index in [-0.39, 0.29) is 21.8 Å². The molecule has 0 fully saturated rings. The molecule has 1 heterocycles. The van der Waals surface area contributed by atoms with Crippen molar-refractivity contribution in [1.29, 1.82) is 0 Å². The van der Waals surface area contributed by atoms with E-state index < -0.39 is 11.8 Å². The molecule has 5 heteroatoms. The fourth-order valence-corrected chi connectivity index (χ4v) is 1.51. The zero-order chi connectivity index (χ0) is 10.3. The summed E-state index contributed by atoms with van der Waals surface area (Å²) in [4.78, 5) is 10.7. The summed E-state index contributed by atoms with van der Waals surface area (Å²) in [5.74, 6) is -1.77. The molecule has 2 rings (SSSR count). The molecule has 0 radical (unpaired) electrons. The van der Waals surface area contributed by atoms with Crippen LogP contribution in [0.15, 0.2) is 22.6 Å². The van der Waals surface area contributed by atoms with Gasteiger partial charge in [-0.1, -0.05) is 0 Å². The van der Waals surface area contributed by atoms with Crippen molar-refractivity contribution in [2.45, 2.75) is 0 Å². The minimum atomic E-state index is -1.24. The van der Waals surface area contributed by atoms with Crippen LogP contribution in [0.25, 0.3) is 11.0 Å². The summed E-state index contributed by atoms with van der Waals surface area (Å²) in [6, 6.07) is 3.59. The van der Waals surface area contributed by atoms with Crippen molar-refractivity contribution in [2.24, 2.45) is 0 Å². The number of carbonyl (C=O) groups is 1. The highest BCUT2D eigenvalue weighted by Gasteiger charge is 2.18. The van der Waals surface area contributed by atoms with Crippen LogP contribution in [-0.2, 0) is 0 Å². The molecule has 72 valence electrons. The van der Waals surface area contributed by atoms with Crippen molar-refractivity contribution >= 4 is 28.5 Å². The van der Waals surface area contributed by atoms with Crippen molar-refractivity contribution in [2.75, 3.05) is 0 Å². The SMILES string of the molecule is O=C(O)c1c(Cl)oc2ccc(F)cc12. The van der Waals surface area contributed by atoms with E-state index >= 15 is 0 Å². The van der Waals surface area contributed by atoms with Gasteiger partial charge in [-0.05, 0) is 29.8 Å².